The lowest BCUT2D eigenvalue weighted by molar-refractivity contribution is 0.195. The van der Waals surface area contributed by atoms with Gasteiger partial charge in [-0.3, -0.25) is 4.40 Å². The third-order valence-corrected chi connectivity index (χ3v) is 7.61. The predicted molar refractivity (Wildman–Crippen MR) is 114 cm³/mol. The molecular weight excluding hydrogens is 479 g/mol. The molecule has 0 aliphatic rings. The second-order valence-electron chi connectivity index (χ2n) is 7.53. The average molecular weight is 501 g/mol. The van der Waals surface area contributed by atoms with Gasteiger partial charge in [-0.15, -0.1) is 0 Å². The van der Waals surface area contributed by atoms with E-state index in [0.29, 0.717) is 21.4 Å². The monoisotopic (exact) mass is 500 g/mol. The number of nitrogens with zero attached hydrogens (tertiary/aromatic N) is 2. The molecule has 30 heavy (non-hydrogen) atoms. The van der Waals surface area contributed by atoms with E-state index in [-0.39, 0.29) is 29.6 Å². The molecule has 0 radical (unpaired) electrons. The number of aliphatic hydroxyl groups is 1. The molecule has 3 aromatic rings. The van der Waals surface area contributed by atoms with Gasteiger partial charge in [-0.25, -0.2) is 17.8 Å². The van der Waals surface area contributed by atoms with E-state index in [1.165, 1.54) is 31.6 Å². The molecule has 0 atom stereocenters. The van der Waals surface area contributed by atoms with Crippen LogP contribution in [-0.4, -0.2) is 48.0 Å². The quantitative estimate of drug-likeness (QED) is 0.552. The van der Waals surface area contributed by atoms with Crippen LogP contribution in [0.4, 0.5) is 4.39 Å². The summed E-state index contributed by atoms with van der Waals surface area (Å²) < 4.78 is 52.2. The molecule has 0 spiro atoms. The summed E-state index contributed by atoms with van der Waals surface area (Å²) in [6, 6.07) is 4.44. The number of aromatic nitrogens is 2. The lowest BCUT2D eigenvalue weighted by atomic mass is 10.1. The van der Waals surface area contributed by atoms with E-state index >= 15 is 0 Å². The maximum Gasteiger partial charge on any atom is 0.188 e. The van der Waals surface area contributed by atoms with Crippen LogP contribution in [0.2, 0.25) is 0 Å². The number of sulfone groups is 1. The SMILES string of the molecule is COc1cc2ncc(-c3cc(F)c(OCCO)c(Br)c3)n2cc1S(=O)(=O)C(C)(C)C. The summed E-state index contributed by atoms with van der Waals surface area (Å²) in [5, 5.41) is 8.89. The Labute approximate surface area is 182 Å². The fourth-order valence-electron chi connectivity index (χ4n) is 2.89. The van der Waals surface area contributed by atoms with E-state index in [0.717, 1.165) is 0 Å². The van der Waals surface area contributed by atoms with Crippen LogP contribution in [0, 0.1) is 5.82 Å². The molecule has 1 N–H and O–H groups in total. The zero-order valence-corrected chi connectivity index (χ0v) is 19.3. The van der Waals surface area contributed by atoms with Crippen LogP contribution < -0.4 is 9.47 Å². The van der Waals surface area contributed by atoms with Gasteiger partial charge in [-0.1, -0.05) is 0 Å². The number of hydrogen-bond acceptors (Lipinski definition) is 6. The first kappa shape index (κ1) is 22.5. The highest BCUT2D eigenvalue weighted by atomic mass is 79.9. The van der Waals surface area contributed by atoms with Gasteiger partial charge in [-0.2, -0.15) is 0 Å². The van der Waals surface area contributed by atoms with E-state index < -0.39 is 20.4 Å². The van der Waals surface area contributed by atoms with Crippen LogP contribution in [0.3, 0.4) is 0 Å². The number of imidazole rings is 1. The van der Waals surface area contributed by atoms with Crippen molar-refractivity contribution in [3.63, 3.8) is 0 Å². The minimum atomic E-state index is -3.72. The summed E-state index contributed by atoms with van der Waals surface area (Å²) in [5.41, 5.74) is 1.41. The average Bonchev–Trinajstić information content (AvgIpc) is 3.08. The van der Waals surface area contributed by atoms with Gasteiger partial charge in [0.05, 0.1) is 34.8 Å². The van der Waals surface area contributed by atoms with Gasteiger partial charge in [-0.05, 0) is 48.8 Å². The maximum absolute atomic E-state index is 14.6. The number of rotatable bonds is 6. The highest BCUT2D eigenvalue weighted by Crippen LogP contribution is 2.37. The normalized spacial score (nSPS) is 12.4. The number of hydrogen-bond donors (Lipinski definition) is 1. The van der Waals surface area contributed by atoms with Crippen molar-refractivity contribution in [2.24, 2.45) is 0 Å². The molecule has 10 heteroatoms. The molecule has 2 heterocycles. The lowest BCUT2D eigenvalue weighted by Gasteiger charge is -2.21. The lowest BCUT2D eigenvalue weighted by Crippen LogP contribution is -2.28. The molecule has 2 aromatic heterocycles. The molecule has 0 amide bonds. The van der Waals surface area contributed by atoms with Gasteiger partial charge in [0.25, 0.3) is 0 Å². The molecule has 162 valence electrons. The van der Waals surface area contributed by atoms with Gasteiger partial charge in [0.1, 0.15) is 22.9 Å². The summed E-state index contributed by atoms with van der Waals surface area (Å²) in [7, 11) is -2.32. The second kappa shape index (κ2) is 8.16. The van der Waals surface area contributed by atoms with E-state index in [4.69, 9.17) is 14.6 Å². The molecule has 1 aromatic carbocycles. The van der Waals surface area contributed by atoms with Crippen molar-refractivity contribution in [2.45, 2.75) is 30.4 Å². The van der Waals surface area contributed by atoms with Crippen molar-refractivity contribution >= 4 is 31.4 Å². The first-order valence-electron chi connectivity index (χ1n) is 9.04. The van der Waals surface area contributed by atoms with Crippen LogP contribution in [0.25, 0.3) is 16.9 Å². The Kier molecular flexibility index (Phi) is 6.13. The highest BCUT2D eigenvalue weighted by molar-refractivity contribution is 9.10. The molecule has 0 saturated carbocycles. The first-order valence-corrected chi connectivity index (χ1v) is 11.3. The largest absolute Gasteiger partial charge is 0.495 e. The molecule has 0 saturated heterocycles. The van der Waals surface area contributed by atoms with Crippen LogP contribution in [-0.2, 0) is 9.84 Å². The van der Waals surface area contributed by atoms with Crippen LogP contribution in [0.1, 0.15) is 20.8 Å². The van der Waals surface area contributed by atoms with Gasteiger partial charge in [0.2, 0.25) is 0 Å². The number of methoxy groups -OCH3 is 1. The molecule has 0 fully saturated rings. The van der Waals surface area contributed by atoms with Crippen molar-refractivity contribution in [1.82, 2.24) is 9.38 Å². The summed E-state index contributed by atoms with van der Waals surface area (Å²) in [6.45, 7) is 4.54. The summed E-state index contributed by atoms with van der Waals surface area (Å²) >= 11 is 3.28. The Balaban J connectivity index is 2.21. The topological polar surface area (TPSA) is 90.1 Å². The van der Waals surface area contributed by atoms with Gasteiger partial charge < -0.3 is 14.6 Å². The molecule has 0 unspecified atom stereocenters. The van der Waals surface area contributed by atoms with E-state index in [1.807, 2.05) is 0 Å². The van der Waals surface area contributed by atoms with E-state index in [2.05, 4.69) is 20.9 Å². The number of halogens is 2. The summed E-state index contributed by atoms with van der Waals surface area (Å²) in [4.78, 5) is 4.33. The molecule has 0 aliphatic carbocycles. The minimum Gasteiger partial charge on any atom is -0.495 e. The molecular formula is C20H22BrFN2O5S. The zero-order valence-electron chi connectivity index (χ0n) is 16.9. The summed E-state index contributed by atoms with van der Waals surface area (Å²) in [6.07, 6.45) is 2.97. The molecule has 7 nitrogen and oxygen atoms in total. The van der Waals surface area contributed by atoms with Gasteiger partial charge in [0.15, 0.2) is 21.4 Å². The standard InChI is InChI=1S/C20H22BrFN2O5S/c1-20(2,3)30(26,27)17-11-24-15(10-23-18(24)9-16(17)28-4)12-7-13(21)19(14(22)8-12)29-6-5-25/h7-11,25H,5-6H2,1-4H3. The summed E-state index contributed by atoms with van der Waals surface area (Å²) in [5.74, 6) is -0.451. The van der Waals surface area contributed by atoms with Crippen molar-refractivity contribution < 1.29 is 27.4 Å². The molecule has 0 aliphatic heterocycles. The first-order chi connectivity index (χ1) is 14.0. The molecule has 3 rings (SSSR count). The Morgan fingerprint density at radius 3 is 2.53 bits per heavy atom. The van der Waals surface area contributed by atoms with Gasteiger partial charge in [0, 0.05) is 17.8 Å². The number of benzene rings is 1. The third kappa shape index (κ3) is 3.91. The Bertz CT molecular complexity index is 1180. The number of fused-ring (bicyclic) bond motifs is 1. The second-order valence-corrected chi connectivity index (χ2v) is 11.1. The Morgan fingerprint density at radius 1 is 1.27 bits per heavy atom. The van der Waals surface area contributed by atoms with Gasteiger partial charge >= 0.3 is 0 Å². The zero-order chi connectivity index (χ0) is 22.3. The highest BCUT2D eigenvalue weighted by Gasteiger charge is 2.34. The third-order valence-electron chi connectivity index (χ3n) is 4.52. The van der Waals surface area contributed by atoms with Crippen molar-refractivity contribution in [1.29, 1.82) is 0 Å². The Hall–Kier alpha value is -2.17. The van der Waals surface area contributed by atoms with Crippen molar-refractivity contribution in [3.8, 4) is 22.8 Å². The van der Waals surface area contributed by atoms with Crippen LogP contribution in [0.15, 0.2) is 40.0 Å². The van der Waals surface area contributed by atoms with Crippen LogP contribution in [0.5, 0.6) is 11.5 Å². The van der Waals surface area contributed by atoms with Crippen molar-refractivity contribution in [2.75, 3.05) is 20.3 Å². The maximum atomic E-state index is 14.6. The van der Waals surface area contributed by atoms with E-state index in [1.54, 1.807) is 31.2 Å². The Morgan fingerprint density at radius 2 is 1.97 bits per heavy atom. The predicted octanol–water partition coefficient (Wildman–Crippen LogP) is 3.85. The number of aliphatic hydroxyl groups excluding tert-OH is 1. The number of ether oxygens (including phenoxy) is 2. The fourth-order valence-corrected chi connectivity index (χ4v) is 4.75. The number of pyridine rings is 1. The van der Waals surface area contributed by atoms with Crippen LogP contribution >= 0.6 is 15.9 Å². The smallest absolute Gasteiger partial charge is 0.188 e. The molecule has 0 bridgehead atoms. The van der Waals surface area contributed by atoms with Crippen molar-refractivity contribution in [3.05, 3.63) is 40.9 Å². The fraction of sp³-hybridized carbons (Fsp3) is 0.350. The van der Waals surface area contributed by atoms with E-state index in [9.17, 15) is 12.8 Å². The minimum absolute atomic E-state index is 0.0145.